The van der Waals surface area contributed by atoms with Crippen molar-refractivity contribution in [3.05, 3.63) is 33.9 Å². The minimum atomic E-state index is -0.895. The molecule has 5 nitrogen and oxygen atoms in total. The first kappa shape index (κ1) is 12.3. The topological polar surface area (TPSA) is 55.6 Å². The molecular formula is C12H12F2N2O3. The van der Waals surface area contributed by atoms with Gasteiger partial charge in [-0.25, -0.2) is 8.78 Å². The molecule has 0 aromatic heterocycles. The Morgan fingerprint density at radius 2 is 1.74 bits per heavy atom. The van der Waals surface area contributed by atoms with Crippen molar-refractivity contribution < 1.29 is 18.4 Å². The van der Waals surface area contributed by atoms with Crippen molar-refractivity contribution in [1.29, 1.82) is 0 Å². The molecule has 0 radical (unpaired) electrons. The van der Waals surface area contributed by atoms with Gasteiger partial charge in [-0.15, -0.1) is 0 Å². The van der Waals surface area contributed by atoms with Gasteiger partial charge in [0.2, 0.25) is 0 Å². The number of nitrogens with zero attached hydrogens (tertiary/aromatic N) is 2. The van der Waals surface area contributed by atoms with Crippen LogP contribution in [-0.4, -0.2) is 30.2 Å². The summed E-state index contributed by atoms with van der Waals surface area (Å²) in [4.78, 5) is 11.3. The van der Waals surface area contributed by atoms with E-state index in [-0.39, 0.29) is 17.9 Å². The van der Waals surface area contributed by atoms with E-state index >= 15 is 0 Å². The van der Waals surface area contributed by atoms with Crippen molar-refractivity contribution in [3.63, 3.8) is 0 Å². The Morgan fingerprint density at radius 1 is 1.21 bits per heavy atom. The Kier molecular flexibility index (Phi) is 2.85. The first-order valence-corrected chi connectivity index (χ1v) is 6.08. The van der Waals surface area contributed by atoms with Crippen LogP contribution in [0.4, 0.5) is 20.2 Å². The van der Waals surface area contributed by atoms with Gasteiger partial charge in [0.15, 0.2) is 11.6 Å². The van der Waals surface area contributed by atoms with Gasteiger partial charge < -0.3 is 9.64 Å². The highest BCUT2D eigenvalue weighted by molar-refractivity contribution is 5.54. The van der Waals surface area contributed by atoms with Gasteiger partial charge in [-0.1, -0.05) is 0 Å². The molecular weight excluding hydrogens is 258 g/mol. The van der Waals surface area contributed by atoms with E-state index in [1.165, 1.54) is 0 Å². The normalized spacial score (nSPS) is 25.7. The number of non-ortho nitro benzene ring substituents is 1. The predicted molar refractivity (Wildman–Crippen MR) is 63.1 cm³/mol. The average molecular weight is 270 g/mol. The fourth-order valence-corrected chi connectivity index (χ4v) is 2.76. The average Bonchev–Trinajstić information content (AvgIpc) is 2.67. The summed E-state index contributed by atoms with van der Waals surface area (Å²) in [6, 6.07) is 1.52. The van der Waals surface area contributed by atoms with Crippen LogP contribution < -0.4 is 4.90 Å². The molecule has 2 atom stereocenters. The van der Waals surface area contributed by atoms with Crippen molar-refractivity contribution in [1.82, 2.24) is 0 Å². The lowest BCUT2D eigenvalue weighted by Gasteiger charge is -2.34. The third kappa shape index (κ3) is 2.14. The second-order valence-electron chi connectivity index (χ2n) is 4.88. The molecule has 7 heteroatoms. The first-order chi connectivity index (χ1) is 9.04. The molecule has 0 spiro atoms. The Hall–Kier alpha value is -1.76. The minimum absolute atomic E-state index is 0.00672. The molecule has 0 saturated carbocycles. The van der Waals surface area contributed by atoms with E-state index in [1.807, 2.05) is 0 Å². The molecule has 2 saturated heterocycles. The number of hydrogen-bond donors (Lipinski definition) is 0. The van der Waals surface area contributed by atoms with Crippen LogP contribution in [0.3, 0.4) is 0 Å². The van der Waals surface area contributed by atoms with E-state index in [4.69, 9.17) is 4.74 Å². The number of halogens is 2. The maximum atomic E-state index is 13.9. The van der Waals surface area contributed by atoms with Crippen molar-refractivity contribution in [2.24, 2.45) is 0 Å². The molecule has 0 amide bonds. The summed E-state index contributed by atoms with van der Waals surface area (Å²) in [5.74, 6) is -1.79. The Balaban J connectivity index is 1.94. The molecule has 2 aliphatic rings. The van der Waals surface area contributed by atoms with Gasteiger partial charge >= 0.3 is 0 Å². The quantitative estimate of drug-likeness (QED) is 0.611. The highest BCUT2D eigenvalue weighted by Crippen LogP contribution is 2.34. The number of morpholine rings is 1. The number of rotatable bonds is 2. The zero-order valence-electron chi connectivity index (χ0n) is 10.0. The monoisotopic (exact) mass is 270 g/mol. The largest absolute Gasteiger partial charge is 0.371 e. The Labute approximate surface area is 107 Å². The molecule has 3 rings (SSSR count). The molecule has 2 fully saturated rings. The second-order valence-corrected chi connectivity index (χ2v) is 4.88. The van der Waals surface area contributed by atoms with Crippen LogP contribution in [0.1, 0.15) is 12.8 Å². The second kappa shape index (κ2) is 4.41. The molecule has 0 N–H and O–H groups in total. The summed E-state index contributed by atoms with van der Waals surface area (Å²) in [6.07, 6.45) is 1.76. The number of ether oxygens (including phenoxy) is 1. The molecule has 2 unspecified atom stereocenters. The number of hydrogen-bond acceptors (Lipinski definition) is 4. The van der Waals surface area contributed by atoms with Crippen molar-refractivity contribution in [2.45, 2.75) is 25.0 Å². The van der Waals surface area contributed by atoms with Gasteiger partial charge in [0, 0.05) is 13.1 Å². The van der Waals surface area contributed by atoms with Gasteiger partial charge in [-0.3, -0.25) is 10.1 Å². The summed E-state index contributed by atoms with van der Waals surface area (Å²) >= 11 is 0. The van der Waals surface area contributed by atoms with Crippen LogP contribution in [-0.2, 0) is 4.74 Å². The summed E-state index contributed by atoms with van der Waals surface area (Å²) in [5, 5.41) is 10.5. The van der Waals surface area contributed by atoms with Gasteiger partial charge in [0.25, 0.3) is 5.69 Å². The van der Waals surface area contributed by atoms with E-state index in [0.717, 1.165) is 25.0 Å². The number of anilines is 1. The molecule has 2 bridgehead atoms. The van der Waals surface area contributed by atoms with E-state index in [2.05, 4.69) is 0 Å². The van der Waals surface area contributed by atoms with Crippen LogP contribution in [0.5, 0.6) is 0 Å². The number of benzene rings is 1. The third-order valence-electron chi connectivity index (χ3n) is 3.57. The molecule has 1 aromatic carbocycles. The van der Waals surface area contributed by atoms with E-state index in [0.29, 0.717) is 13.1 Å². The van der Waals surface area contributed by atoms with Crippen molar-refractivity contribution in [2.75, 3.05) is 18.0 Å². The lowest BCUT2D eigenvalue weighted by molar-refractivity contribution is -0.385. The summed E-state index contributed by atoms with van der Waals surface area (Å²) < 4.78 is 33.4. The SMILES string of the molecule is O=[N+]([O-])c1cc(F)c(N2CC3CCC(C2)O3)c(F)c1. The maximum Gasteiger partial charge on any atom is 0.275 e. The van der Waals surface area contributed by atoms with Gasteiger partial charge in [0.05, 0.1) is 29.3 Å². The molecule has 19 heavy (non-hydrogen) atoms. The molecule has 102 valence electrons. The summed E-state index contributed by atoms with van der Waals surface area (Å²) in [7, 11) is 0. The molecule has 0 aliphatic carbocycles. The van der Waals surface area contributed by atoms with E-state index in [1.54, 1.807) is 4.90 Å². The fraction of sp³-hybridized carbons (Fsp3) is 0.500. The molecule has 2 heterocycles. The highest BCUT2D eigenvalue weighted by Gasteiger charge is 2.36. The van der Waals surface area contributed by atoms with Crippen molar-refractivity contribution in [3.8, 4) is 0 Å². The zero-order chi connectivity index (χ0) is 13.6. The fourth-order valence-electron chi connectivity index (χ4n) is 2.76. The smallest absolute Gasteiger partial charge is 0.275 e. The molecule has 2 aliphatic heterocycles. The Morgan fingerprint density at radius 3 is 2.21 bits per heavy atom. The lowest BCUT2D eigenvalue weighted by Crippen LogP contribution is -2.43. The maximum absolute atomic E-state index is 13.9. The van der Waals surface area contributed by atoms with Gasteiger partial charge in [-0.2, -0.15) is 0 Å². The summed E-state index contributed by atoms with van der Waals surface area (Å²) in [6.45, 7) is 0.838. The zero-order valence-corrected chi connectivity index (χ0v) is 10.0. The third-order valence-corrected chi connectivity index (χ3v) is 3.57. The van der Waals surface area contributed by atoms with E-state index in [9.17, 15) is 18.9 Å². The van der Waals surface area contributed by atoms with Crippen LogP contribution >= 0.6 is 0 Å². The minimum Gasteiger partial charge on any atom is -0.371 e. The van der Waals surface area contributed by atoms with Crippen LogP contribution in [0.25, 0.3) is 0 Å². The number of nitro benzene ring substituents is 1. The standard InChI is InChI=1S/C12H12F2N2O3/c13-10-3-7(16(17)18)4-11(14)12(10)15-5-8-1-2-9(6-15)19-8/h3-4,8-9H,1-2,5-6H2. The van der Waals surface area contributed by atoms with Crippen LogP contribution in [0.15, 0.2) is 12.1 Å². The lowest BCUT2D eigenvalue weighted by atomic mass is 10.2. The van der Waals surface area contributed by atoms with Gasteiger partial charge in [0.1, 0.15) is 5.69 Å². The van der Waals surface area contributed by atoms with Crippen molar-refractivity contribution >= 4 is 11.4 Å². The predicted octanol–water partition coefficient (Wildman–Crippen LogP) is 2.24. The number of nitro groups is 1. The van der Waals surface area contributed by atoms with Crippen LogP contribution in [0, 0.1) is 21.7 Å². The van der Waals surface area contributed by atoms with E-state index < -0.39 is 22.2 Å². The summed E-state index contributed by atoms with van der Waals surface area (Å²) in [5.41, 5.74) is -0.763. The van der Waals surface area contributed by atoms with Gasteiger partial charge in [-0.05, 0) is 12.8 Å². The van der Waals surface area contributed by atoms with Crippen LogP contribution in [0.2, 0.25) is 0 Å². The number of fused-ring (bicyclic) bond motifs is 2. The first-order valence-electron chi connectivity index (χ1n) is 6.08. The highest BCUT2D eigenvalue weighted by atomic mass is 19.1. The molecule has 1 aromatic rings. The Bertz CT molecular complexity index is 503.